The maximum Gasteiger partial charge on any atom is 0.257 e. The van der Waals surface area contributed by atoms with Gasteiger partial charge in [0.2, 0.25) is 0 Å². The van der Waals surface area contributed by atoms with Crippen molar-refractivity contribution in [3.05, 3.63) is 29.8 Å². The zero-order valence-electron chi connectivity index (χ0n) is 19.3. The lowest BCUT2D eigenvalue weighted by Gasteiger charge is -2.38. The summed E-state index contributed by atoms with van der Waals surface area (Å²) in [4.78, 5) is 18.7. The van der Waals surface area contributed by atoms with Crippen molar-refractivity contribution in [2.75, 3.05) is 47.6 Å². The number of rotatable bonds is 7. The standard InChI is InChI=1S/C25H38N2O4/c1-29-17-21-10-7-15-27(21)24(28)25(31-3)18-26(20-8-5-4-6-9-20)16-23(25)19-11-13-22(30-2)14-12-19/h11-14,20-21,23H,4-10,15-18H2,1-3H3/t21?,23-,25-/m0/s1. The van der Waals surface area contributed by atoms with E-state index in [2.05, 4.69) is 17.0 Å². The zero-order valence-corrected chi connectivity index (χ0v) is 19.3. The SMILES string of the molecule is COCC1CCCN1C(=O)[C@]1(OC)CN(C2CCCCC2)C[C@H]1c1ccc(OC)cc1. The summed E-state index contributed by atoms with van der Waals surface area (Å²) in [6.07, 6.45) is 8.36. The Kier molecular flexibility index (Phi) is 7.19. The van der Waals surface area contributed by atoms with Crippen LogP contribution in [0.2, 0.25) is 0 Å². The predicted octanol–water partition coefficient (Wildman–Crippen LogP) is 3.45. The number of carbonyl (C=O) groups excluding carboxylic acids is 1. The second-order valence-electron chi connectivity index (χ2n) is 9.39. The number of amides is 1. The van der Waals surface area contributed by atoms with E-state index in [4.69, 9.17) is 14.2 Å². The van der Waals surface area contributed by atoms with Crippen molar-refractivity contribution in [2.24, 2.45) is 0 Å². The monoisotopic (exact) mass is 430 g/mol. The Morgan fingerprint density at radius 3 is 2.42 bits per heavy atom. The fourth-order valence-corrected chi connectivity index (χ4v) is 6.02. The molecule has 4 rings (SSSR count). The van der Waals surface area contributed by atoms with Crippen LogP contribution >= 0.6 is 0 Å². The summed E-state index contributed by atoms with van der Waals surface area (Å²) in [6.45, 7) is 2.90. The number of benzene rings is 1. The molecular formula is C25H38N2O4. The van der Waals surface area contributed by atoms with E-state index in [1.54, 1.807) is 21.3 Å². The van der Waals surface area contributed by atoms with Crippen LogP contribution in [0.1, 0.15) is 56.4 Å². The molecule has 6 nitrogen and oxygen atoms in total. The van der Waals surface area contributed by atoms with Gasteiger partial charge in [-0.05, 0) is 43.4 Å². The molecule has 2 heterocycles. The van der Waals surface area contributed by atoms with Gasteiger partial charge in [-0.2, -0.15) is 0 Å². The Labute approximate surface area is 186 Å². The molecule has 1 saturated carbocycles. The summed E-state index contributed by atoms with van der Waals surface area (Å²) in [5.41, 5.74) is 0.291. The van der Waals surface area contributed by atoms with Gasteiger partial charge in [-0.15, -0.1) is 0 Å². The average Bonchev–Trinajstić information content (AvgIpc) is 3.45. The normalized spacial score (nSPS) is 30.1. The van der Waals surface area contributed by atoms with Gasteiger partial charge < -0.3 is 19.1 Å². The van der Waals surface area contributed by atoms with E-state index in [-0.39, 0.29) is 17.9 Å². The van der Waals surface area contributed by atoms with Gasteiger partial charge in [0.05, 0.1) is 19.8 Å². The molecule has 6 heteroatoms. The molecule has 1 aromatic carbocycles. The number of likely N-dealkylation sites (tertiary alicyclic amines) is 2. The third-order valence-electron chi connectivity index (χ3n) is 7.75. The Balaban J connectivity index is 1.66. The summed E-state index contributed by atoms with van der Waals surface area (Å²) in [6, 6.07) is 8.88. The topological polar surface area (TPSA) is 51.2 Å². The van der Waals surface area contributed by atoms with Gasteiger partial charge in [0, 0.05) is 45.8 Å². The van der Waals surface area contributed by atoms with Gasteiger partial charge in [-0.25, -0.2) is 0 Å². The highest BCUT2D eigenvalue weighted by atomic mass is 16.5. The summed E-state index contributed by atoms with van der Waals surface area (Å²) in [5.74, 6) is 0.968. The highest BCUT2D eigenvalue weighted by Gasteiger charge is 2.56. The van der Waals surface area contributed by atoms with Gasteiger partial charge in [0.15, 0.2) is 5.60 Å². The van der Waals surface area contributed by atoms with Crippen molar-refractivity contribution in [3.63, 3.8) is 0 Å². The van der Waals surface area contributed by atoms with Crippen molar-refractivity contribution >= 4 is 5.91 Å². The summed E-state index contributed by atoms with van der Waals surface area (Å²) in [7, 11) is 5.12. The molecule has 0 spiro atoms. The van der Waals surface area contributed by atoms with Crippen LogP contribution in [0.25, 0.3) is 0 Å². The number of carbonyl (C=O) groups is 1. The first-order valence-electron chi connectivity index (χ1n) is 11.9. The molecule has 2 aliphatic heterocycles. The fourth-order valence-electron chi connectivity index (χ4n) is 6.02. The van der Waals surface area contributed by atoms with Crippen LogP contribution in [0.15, 0.2) is 24.3 Å². The van der Waals surface area contributed by atoms with Crippen LogP contribution in [0.3, 0.4) is 0 Å². The maximum absolute atomic E-state index is 14.1. The summed E-state index contributed by atoms with van der Waals surface area (Å²) >= 11 is 0. The molecule has 0 radical (unpaired) electrons. The minimum absolute atomic E-state index is 0.00151. The molecule has 0 aromatic heterocycles. The van der Waals surface area contributed by atoms with Crippen molar-refractivity contribution in [1.82, 2.24) is 9.80 Å². The number of hydrogen-bond acceptors (Lipinski definition) is 5. The number of methoxy groups -OCH3 is 3. The van der Waals surface area contributed by atoms with Crippen LogP contribution < -0.4 is 4.74 Å². The lowest BCUT2D eigenvalue weighted by molar-refractivity contribution is -0.157. The third-order valence-corrected chi connectivity index (χ3v) is 7.75. The van der Waals surface area contributed by atoms with Gasteiger partial charge in [0.1, 0.15) is 5.75 Å². The van der Waals surface area contributed by atoms with E-state index in [0.29, 0.717) is 19.2 Å². The molecule has 1 aromatic rings. The largest absolute Gasteiger partial charge is 0.497 e. The van der Waals surface area contributed by atoms with E-state index in [9.17, 15) is 4.79 Å². The first kappa shape index (κ1) is 22.6. The molecule has 3 fully saturated rings. The lowest BCUT2D eigenvalue weighted by atomic mass is 9.83. The third kappa shape index (κ3) is 4.35. The van der Waals surface area contributed by atoms with E-state index < -0.39 is 5.60 Å². The smallest absolute Gasteiger partial charge is 0.257 e. The summed E-state index contributed by atoms with van der Waals surface area (Å²) < 4.78 is 17.0. The van der Waals surface area contributed by atoms with E-state index >= 15 is 0 Å². The Morgan fingerprint density at radius 2 is 1.77 bits per heavy atom. The highest BCUT2D eigenvalue weighted by molar-refractivity contribution is 5.88. The molecule has 2 saturated heterocycles. The van der Waals surface area contributed by atoms with Crippen LogP contribution in [-0.2, 0) is 14.3 Å². The molecular weight excluding hydrogens is 392 g/mol. The second kappa shape index (κ2) is 9.88. The van der Waals surface area contributed by atoms with E-state index in [1.165, 1.54) is 32.1 Å². The second-order valence-corrected chi connectivity index (χ2v) is 9.39. The van der Waals surface area contributed by atoms with Crippen LogP contribution in [0.5, 0.6) is 5.75 Å². The molecule has 172 valence electrons. The molecule has 31 heavy (non-hydrogen) atoms. The Morgan fingerprint density at radius 1 is 1.03 bits per heavy atom. The maximum atomic E-state index is 14.1. The number of ether oxygens (including phenoxy) is 3. The summed E-state index contributed by atoms with van der Waals surface area (Å²) in [5, 5.41) is 0. The number of nitrogens with zero attached hydrogens (tertiary/aromatic N) is 2. The van der Waals surface area contributed by atoms with Crippen molar-refractivity contribution in [1.29, 1.82) is 0 Å². The highest BCUT2D eigenvalue weighted by Crippen LogP contribution is 2.43. The lowest BCUT2D eigenvalue weighted by Crippen LogP contribution is -2.56. The molecule has 3 aliphatic rings. The van der Waals surface area contributed by atoms with Crippen LogP contribution in [0.4, 0.5) is 0 Å². The molecule has 0 N–H and O–H groups in total. The Bertz CT molecular complexity index is 734. The fraction of sp³-hybridized carbons (Fsp3) is 0.720. The molecule has 1 aliphatic carbocycles. The quantitative estimate of drug-likeness (QED) is 0.663. The first-order chi connectivity index (χ1) is 15.1. The van der Waals surface area contributed by atoms with Crippen molar-refractivity contribution in [2.45, 2.75) is 68.5 Å². The van der Waals surface area contributed by atoms with Gasteiger partial charge in [-0.1, -0.05) is 31.4 Å². The van der Waals surface area contributed by atoms with Gasteiger partial charge in [0.25, 0.3) is 5.91 Å². The van der Waals surface area contributed by atoms with Crippen LogP contribution in [-0.4, -0.2) is 81.0 Å². The van der Waals surface area contributed by atoms with Gasteiger partial charge in [-0.3, -0.25) is 9.69 Å². The molecule has 3 atom stereocenters. The Hall–Kier alpha value is -1.63. The molecule has 1 amide bonds. The van der Waals surface area contributed by atoms with E-state index in [0.717, 1.165) is 37.2 Å². The number of hydrogen-bond donors (Lipinski definition) is 0. The zero-order chi connectivity index (χ0) is 21.8. The first-order valence-corrected chi connectivity index (χ1v) is 11.9. The molecule has 1 unspecified atom stereocenters. The average molecular weight is 431 g/mol. The predicted molar refractivity (Wildman–Crippen MR) is 121 cm³/mol. The molecule has 0 bridgehead atoms. The van der Waals surface area contributed by atoms with E-state index in [1.807, 2.05) is 17.0 Å². The minimum Gasteiger partial charge on any atom is -0.497 e. The van der Waals surface area contributed by atoms with Crippen molar-refractivity contribution in [3.8, 4) is 5.75 Å². The van der Waals surface area contributed by atoms with Crippen LogP contribution in [0, 0.1) is 0 Å². The van der Waals surface area contributed by atoms with Gasteiger partial charge >= 0.3 is 0 Å². The minimum atomic E-state index is -0.859. The van der Waals surface area contributed by atoms with Crippen molar-refractivity contribution < 1.29 is 19.0 Å².